The Bertz CT molecular complexity index is 943. The lowest BCUT2D eigenvalue weighted by Crippen LogP contribution is -2.42. The van der Waals surface area contributed by atoms with Gasteiger partial charge in [-0.2, -0.15) is 0 Å². The molecular weight excluding hydrogens is 320 g/mol. The van der Waals surface area contributed by atoms with Gasteiger partial charge in [0.05, 0.1) is 13.2 Å². The Morgan fingerprint density at radius 1 is 1.24 bits per heavy atom. The molecule has 1 saturated heterocycles. The summed E-state index contributed by atoms with van der Waals surface area (Å²) >= 11 is 0. The highest BCUT2D eigenvalue weighted by Gasteiger charge is 2.30. The van der Waals surface area contributed by atoms with Crippen molar-refractivity contribution in [1.82, 2.24) is 20.1 Å². The van der Waals surface area contributed by atoms with Crippen LogP contribution in [-0.2, 0) is 4.74 Å². The molecule has 1 fully saturated rings. The summed E-state index contributed by atoms with van der Waals surface area (Å²) in [4.78, 5) is 17.9. The van der Waals surface area contributed by atoms with Gasteiger partial charge in [-0.15, -0.1) is 10.2 Å². The van der Waals surface area contributed by atoms with Crippen LogP contribution in [0.5, 0.6) is 0 Å². The molecule has 7 nitrogen and oxygen atoms in total. The standard InChI is InChI=1S/C18H20N4O3/c1-10-6-11(2)13-8-15(19-14(13)7-10)18(23)22-4-5-24-16(9-22)17-21-20-12(3)25-17/h6-8,16,19H,4-5,9H2,1-3H3/t16-/m0/s1. The van der Waals surface area contributed by atoms with E-state index in [0.29, 0.717) is 37.2 Å². The van der Waals surface area contributed by atoms with Crippen molar-refractivity contribution in [1.29, 1.82) is 0 Å². The second kappa shape index (κ2) is 6.00. The summed E-state index contributed by atoms with van der Waals surface area (Å²) in [6, 6.07) is 6.10. The quantitative estimate of drug-likeness (QED) is 0.775. The second-order valence-electron chi connectivity index (χ2n) is 6.50. The van der Waals surface area contributed by atoms with Gasteiger partial charge in [-0.3, -0.25) is 4.79 Å². The predicted molar refractivity (Wildman–Crippen MR) is 91.4 cm³/mol. The van der Waals surface area contributed by atoms with Crippen LogP contribution in [0.25, 0.3) is 10.9 Å². The predicted octanol–water partition coefficient (Wildman–Crippen LogP) is 2.69. The number of carbonyl (C=O) groups excluding carboxylic acids is 1. The number of morpholine rings is 1. The molecule has 0 aliphatic carbocycles. The number of nitrogens with one attached hydrogen (secondary N) is 1. The van der Waals surface area contributed by atoms with E-state index in [-0.39, 0.29) is 12.0 Å². The van der Waals surface area contributed by atoms with Gasteiger partial charge in [0.1, 0.15) is 5.69 Å². The second-order valence-corrected chi connectivity index (χ2v) is 6.50. The summed E-state index contributed by atoms with van der Waals surface area (Å²) in [5, 5.41) is 8.91. The van der Waals surface area contributed by atoms with Crippen LogP contribution in [0, 0.1) is 20.8 Å². The molecule has 130 valence electrons. The van der Waals surface area contributed by atoms with Gasteiger partial charge in [-0.1, -0.05) is 6.07 Å². The summed E-state index contributed by atoms with van der Waals surface area (Å²) < 4.78 is 11.1. The highest BCUT2D eigenvalue weighted by molar-refractivity contribution is 5.99. The summed E-state index contributed by atoms with van der Waals surface area (Å²) in [6.45, 7) is 7.21. The number of aromatic amines is 1. The van der Waals surface area contributed by atoms with Crippen molar-refractivity contribution in [3.63, 3.8) is 0 Å². The molecule has 25 heavy (non-hydrogen) atoms. The van der Waals surface area contributed by atoms with Crippen molar-refractivity contribution in [2.45, 2.75) is 26.9 Å². The molecule has 0 radical (unpaired) electrons. The van der Waals surface area contributed by atoms with Crippen LogP contribution in [0.3, 0.4) is 0 Å². The molecule has 4 rings (SSSR count). The highest BCUT2D eigenvalue weighted by Crippen LogP contribution is 2.25. The zero-order valence-corrected chi connectivity index (χ0v) is 14.5. The Balaban J connectivity index is 1.59. The number of rotatable bonds is 2. The number of hydrogen-bond acceptors (Lipinski definition) is 5. The van der Waals surface area contributed by atoms with E-state index in [1.54, 1.807) is 11.8 Å². The van der Waals surface area contributed by atoms with Gasteiger partial charge in [-0.05, 0) is 37.1 Å². The third-order valence-corrected chi connectivity index (χ3v) is 4.49. The molecule has 1 amide bonds. The SMILES string of the molecule is Cc1cc(C)c2cc(C(=O)N3CCO[C@H](c4nnc(C)o4)C3)[nH]c2c1. The van der Waals surface area contributed by atoms with Crippen LogP contribution < -0.4 is 0 Å². The molecule has 1 atom stereocenters. The maximum atomic E-state index is 12.9. The molecule has 0 bridgehead atoms. The molecule has 1 aliphatic heterocycles. The number of amides is 1. The van der Waals surface area contributed by atoms with Crippen molar-refractivity contribution in [3.8, 4) is 0 Å². The Kier molecular flexibility index (Phi) is 3.80. The van der Waals surface area contributed by atoms with Gasteiger partial charge in [0, 0.05) is 24.4 Å². The van der Waals surface area contributed by atoms with Gasteiger partial charge >= 0.3 is 0 Å². The first-order chi connectivity index (χ1) is 12.0. The monoisotopic (exact) mass is 340 g/mol. The van der Waals surface area contributed by atoms with E-state index in [9.17, 15) is 4.79 Å². The number of carbonyl (C=O) groups is 1. The van der Waals surface area contributed by atoms with Gasteiger partial charge in [-0.25, -0.2) is 0 Å². The number of ether oxygens (including phenoxy) is 1. The molecule has 1 aromatic carbocycles. The zero-order valence-electron chi connectivity index (χ0n) is 14.5. The van der Waals surface area contributed by atoms with Crippen LogP contribution in [-0.4, -0.2) is 45.7 Å². The van der Waals surface area contributed by atoms with Gasteiger partial charge in [0.25, 0.3) is 5.91 Å². The fourth-order valence-electron chi connectivity index (χ4n) is 3.31. The number of hydrogen-bond donors (Lipinski definition) is 1. The zero-order chi connectivity index (χ0) is 17.6. The number of fused-ring (bicyclic) bond motifs is 1. The lowest BCUT2D eigenvalue weighted by Gasteiger charge is -2.30. The van der Waals surface area contributed by atoms with E-state index in [1.807, 2.05) is 13.0 Å². The number of aryl methyl sites for hydroxylation is 3. The molecule has 0 spiro atoms. The Hall–Kier alpha value is -2.67. The molecule has 2 aromatic heterocycles. The Labute approximate surface area is 145 Å². The van der Waals surface area contributed by atoms with Crippen molar-refractivity contribution in [3.05, 3.63) is 46.8 Å². The minimum Gasteiger partial charge on any atom is -0.423 e. The van der Waals surface area contributed by atoms with E-state index in [2.05, 4.69) is 34.2 Å². The maximum Gasteiger partial charge on any atom is 0.270 e. The normalized spacial score (nSPS) is 18.0. The first-order valence-corrected chi connectivity index (χ1v) is 8.32. The molecule has 3 heterocycles. The highest BCUT2D eigenvalue weighted by atomic mass is 16.5. The molecule has 0 unspecified atom stereocenters. The summed E-state index contributed by atoms with van der Waals surface area (Å²) in [7, 11) is 0. The lowest BCUT2D eigenvalue weighted by atomic mass is 10.1. The van der Waals surface area contributed by atoms with Crippen molar-refractivity contribution >= 4 is 16.8 Å². The topological polar surface area (TPSA) is 84.2 Å². The lowest BCUT2D eigenvalue weighted by molar-refractivity contribution is -0.0350. The van der Waals surface area contributed by atoms with E-state index in [4.69, 9.17) is 9.15 Å². The number of benzene rings is 1. The first-order valence-electron chi connectivity index (χ1n) is 8.32. The van der Waals surface area contributed by atoms with Crippen LogP contribution in [0.4, 0.5) is 0 Å². The Morgan fingerprint density at radius 3 is 2.84 bits per heavy atom. The molecule has 7 heteroatoms. The van der Waals surface area contributed by atoms with Gasteiger partial charge < -0.3 is 19.0 Å². The Morgan fingerprint density at radius 2 is 2.08 bits per heavy atom. The van der Waals surface area contributed by atoms with Crippen LogP contribution in [0.15, 0.2) is 22.6 Å². The number of nitrogens with zero attached hydrogens (tertiary/aromatic N) is 3. The summed E-state index contributed by atoms with van der Waals surface area (Å²) in [5.41, 5.74) is 3.90. The molecule has 1 aliphatic rings. The average molecular weight is 340 g/mol. The minimum absolute atomic E-state index is 0.0437. The third-order valence-electron chi connectivity index (χ3n) is 4.49. The van der Waals surface area contributed by atoms with E-state index in [1.165, 1.54) is 5.56 Å². The van der Waals surface area contributed by atoms with Gasteiger partial charge in [0.2, 0.25) is 11.8 Å². The van der Waals surface area contributed by atoms with Crippen LogP contribution in [0.2, 0.25) is 0 Å². The smallest absolute Gasteiger partial charge is 0.270 e. The molecule has 3 aromatic rings. The minimum atomic E-state index is -0.382. The van der Waals surface area contributed by atoms with E-state index in [0.717, 1.165) is 16.5 Å². The number of H-pyrrole nitrogens is 1. The maximum absolute atomic E-state index is 12.9. The fraction of sp³-hybridized carbons (Fsp3) is 0.389. The van der Waals surface area contributed by atoms with E-state index < -0.39 is 0 Å². The molecular formula is C18H20N4O3. The molecule has 0 saturated carbocycles. The van der Waals surface area contributed by atoms with Crippen molar-refractivity contribution < 1.29 is 13.9 Å². The molecule has 1 N–H and O–H groups in total. The van der Waals surface area contributed by atoms with E-state index >= 15 is 0 Å². The largest absolute Gasteiger partial charge is 0.423 e. The van der Waals surface area contributed by atoms with Crippen LogP contribution >= 0.6 is 0 Å². The average Bonchev–Trinajstić information content (AvgIpc) is 3.21. The fourth-order valence-corrected chi connectivity index (χ4v) is 3.31. The summed E-state index contributed by atoms with van der Waals surface area (Å²) in [5.74, 6) is 0.861. The third kappa shape index (κ3) is 2.91. The van der Waals surface area contributed by atoms with Crippen molar-refractivity contribution in [2.24, 2.45) is 0 Å². The van der Waals surface area contributed by atoms with Crippen LogP contribution in [0.1, 0.15) is 39.5 Å². The van der Waals surface area contributed by atoms with Gasteiger partial charge in [0.15, 0.2) is 6.10 Å². The summed E-state index contributed by atoms with van der Waals surface area (Å²) in [6.07, 6.45) is -0.382. The number of aromatic nitrogens is 3. The van der Waals surface area contributed by atoms with Crippen molar-refractivity contribution in [2.75, 3.05) is 19.7 Å². The first kappa shape index (κ1) is 15.8.